The maximum atomic E-state index is 14.1. The van der Waals surface area contributed by atoms with Gasteiger partial charge < -0.3 is 14.5 Å². The van der Waals surface area contributed by atoms with Crippen molar-refractivity contribution in [2.45, 2.75) is 30.9 Å². The summed E-state index contributed by atoms with van der Waals surface area (Å²) in [4.78, 5) is 20.7. The summed E-state index contributed by atoms with van der Waals surface area (Å²) in [7, 11) is 0. The number of hydrazine groups is 1. The molecule has 0 radical (unpaired) electrons. The number of ether oxygens (including phenoxy) is 1. The fourth-order valence-corrected chi connectivity index (χ4v) is 4.06. The van der Waals surface area contributed by atoms with E-state index in [4.69, 9.17) is 4.74 Å². The number of pyridine rings is 1. The average Bonchev–Trinajstić information content (AvgIpc) is 3.16. The number of nitrogens with one attached hydrogen (secondary N) is 2. The SMILES string of the molecule is O=C(C1CCNN1)N1CCOC2(CCCN(c3ncccc3F)C2)C1. The van der Waals surface area contributed by atoms with Crippen molar-refractivity contribution in [2.24, 2.45) is 0 Å². The van der Waals surface area contributed by atoms with E-state index in [1.165, 1.54) is 6.07 Å². The molecule has 25 heavy (non-hydrogen) atoms. The van der Waals surface area contributed by atoms with Crippen LogP contribution in [0.2, 0.25) is 0 Å². The molecule has 1 amide bonds. The van der Waals surface area contributed by atoms with Crippen molar-refractivity contribution in [1.29, 1.82) is 0 Å². The van der Waals surface area contributed by atoms with Gasteiger partial charge in [-0.3, -0.25) is 10.2 Å². The topological polar surface area (TPSA) is 69.7 Å². The highest BCUT2D eigenvalue weighted by atomic mass is 19.1. The number of piperidine rings is 1. The highest BCUT2D eigenvalue weighted by molar-refractivity contribution is 5.82. The molecule has 7 nitrogen and oxygen atoms in total. The molecule has 1 spiro atoms. The molecule has 2 unspecified atom stereocenters. The molecular formula is C17H24FN5O2. The number of carbonyl (C=O) groups excluding carboxylic acids is 1. The van der Waals surface area contributed by atoms with Crippen LogP contribution in [0.1, 0.15) is 19.3 Å². The second-order valence-electron chi connectivity index (χ2n) is 7.04. The number of carbonyl (C=O) groups is 1. The van der Waals surface area contributed by atoms with E-state index in [9.17, 15) is 9.18 Å². The van der Waals surface area contributed by atoms with Gasteiger partial charge in [0.1, 0.15) is 11.6 Å². The van der Waals surface area contributed by atoms with Crippen molar-refractivity contribution in [2.75, 3.05) is 44.2 Å². The van der Waals surface area contributed by atoms with E-state index >= 15 is 0 Å². The number of amides is 1. The van der Waals surface area contributed by atoms with Gasteiger partial charge in [-0.2, -0.15) is 0 Å². The number of hydrogen-bond acceptors (Lipinski definition) is 6. The van der Waals surface area contributed by atoms with Crippen LogP contribution in [0.3, 0.4) is 0 Å². The lowest BCUT2D eigenvalue weighted by molar-refractivity contribution is -0.153. The van der Waals surface area contributed by atoms with E-state index in [2.05, 4.69) is 15.8 Å². The molecule has 0 saturated carbocycles. The Morgan fingerprint density at radius 2 is 2.32 bits per heavy atom. The zero-order valence-corrected chi connectivity index (χ0v) is 14.2. The predicted molar refractivity (Wildman–Crippen MR) is 90.4 cm³/mol. The molecule has 0 aliphatic carbocycles. The Morgan fingerprint density at radius 1 is 1.40 bits per heavy atom. The Hall–Kier alpha value is -1.77. The minimum atomic E-state index is -0.442. The van der Waals surface area contributed by atoms with Crippen molar-refractivity contribution >= 4 is 11.7 Å². The van der Waals surface area contributed by atoms with Crippen LogP contribution in [0.15, 0.2) is 18.3 Å². The van der Waals surface area contributed by atoms with Crippen LogP contribution in [0, 0.1) is 5.82 Å². The van der Waals surface area contributed by atoms with Crippen LogP contribution in [0.25, 0.3) is 0 Å². The second kappa shape index (κ2) is 6.86. The average molecular weight is 349 g/mol. The molecule has 4 rings (SSSR count). The summed E-state index contributed by atoms with van der Waals surface area (Å²) in [6, 6.07) is 2.86. The lowest BCUT2D eigenvalue weighted by Crippen LogP contribution is -2.62. The third-order valence-corrected chi connectivity index (χ3v) is 5.27. The first-order chi connectivity index (χ1) is 12.2. The highest BCUT2D eigenvalue weighted by Gasteiger charge is 2.43. The third-order valence-electron chi connectivity index (χ3n) is 5.27. The van der Waals surface area contributed by atoms with Gasteiger partial charge in [-0.15, -0.1) is 0 Å². The summed E-state index contributed by atoms with van der Waals surface area (Å²) in [5.74, 6) is 0.175. The number of aromatic nitrogens is 1. The molecule has 2 atom stereocenters. The molecular weight excluding hydrogens is 325 g/mol. The summed E-state index contributed by atoms with van der Waals surface area (Å²) in [5, 5.41) is 0. The Bertz CT molecular complexity index is 635. The first kappa shape index (κ1) is 16.7. The number of nitrogens with zero attached hydrogens (tertiary/aromatic N) is 3. The maximum Gasteiger partial charge on any atom is 0.241 e. The summed E-state index contributed by atoms with van der Waals surface area (Å²) in [5.41, 5.74) is 5.60. The van der Waals surface area contributed by atoms with Crippen LogP contribution in [0.4, 0.5) is 10.2 Å². The number of rotatable bonds is 2. The van der Waals surface area contributed by atoms with Gasteiger partial charge >= 0.3 is 0 Å². The monoisotopic (exact) mass is 349 g/mol. The first-order valence-corrected chi connectivity index (χ1v) is 8.93. The molecule has 3 aliphatic heterocycles. The molecule has 4 heterocycles. The van der Waals surface area contributed by atoms with E-state index in [-0.39, 0.29) is 17.8 Å². The van der Waals surface area contributed by atoms with Gasteiger partial charge in [0.25, 0.3) is 0 Å². The van der Waals surface area contributed by atoms with Gasteiger partial charge in [-0.05, 0) is 31.4 Å². The Labute approximate surface area is 146 Å². The van der Waals surface area contributed by atoms with Crippen molar-refractivity contribution < 1.29 is 13.9 Å². The molecule has 3 aliphatic rings. The van der Waals surface area contributed by atoms with Crippen molar-refractivity contribution in [3.05, 3.63) is 24.1 Å². The molecule has 3 saturated heterocycles. The van der Waals surface area contributed by atoms with E-state index in [1.807, 2.05) is 9.80 Å². The number of anilines is 1. The number of morpholine rings is 1. The Morgan fingerprint density at radius 3 is 3.12 bits per heavy atom. The molecule has 0 bridgehead atoms. The van der Waals surface area contributed by atoms with E-state index in [0.717, 1.165) is 32.4 Å². The number of hydrogen-bond donors (Lipinski definition) is 2. The molecule has 1 aromatic heterocycles. The fraction of sp³-hybridized carbons (Fsp3) is 0.647. The molecule has 3 fully saturated rings. The van der Waals surface area contributed by atoms with E-state index in [0.29, 0.717) is 32.1 Å². The van der Waals surface area contributed by atoms with Gasteiger partial charge in [0.2, 0.25) is 5.91 Å². The van der Waals surface area contributed by atoms with Crippen LogP contribution in [-0.2, 0) is 9.53 Å². The molecule has 136 valence electrons. The Balaban J connectivity index is 1.48. The second-order valence-corrected chi connectivity index (χ2v) is 7.04. The lowest BCUT2D eigenvalue weighted by atomic mass is 9.90. The zero-order valence-electron chi connectivity index (χ0n) is 14.2. The predicted octanol–water partition coefficient (Wildman–Crippen LogP) is 0.285. The quantitative estimate of drug-likeness (QED) is 0.800. The standard InChI is InChI=1S/C17H24FN5O2/c18-13-3-1-6-19-15(13)22-8-2-5-17(11-22)12-23(9-10-25-17)16(24)14-4-7-20-21-14/h1,3,6,14,20-21H,2,4-5,7-12H2. The number of halogens is 1. The summed E-state index contributed by atoms with van der Waals surface area (Å²) < 4.78 is 20.2. The third kappa shape index (κ3) is 3.33. The van der Waals surface area contributed by atoms with Crippen molar-refractivity contribution in [1.82, 2.24) is 20.7 Å². The van der Waals surface area contributed by atoms with Crippen molar-refractivity contribution in [3.8, 4) is 0 Å². The molecule has 8 heteroatoms. The van der Waals surface area contributed by atoms with Crippen LogP contribution in [0.5, 0.6) is 0 Å². The molecule has 0 aromatic carbocycles. The summed E-state index contributed by atoms with van der Waals surface area (Å²) in [6.45, 7) is 3.79. The van der Waals surface area contributed by atoms with Gasteiger partial charge in [0, 0.05) is 25.8 Å². The zero-order chi connectivity index (χ0) is 17.3. The van der Waals surface area contributed by atoms with Gasteiger partial charge in [0.05, 0.1) is 19.7 Å². The van der Waals surface area contributed by atoms with Crippen LogP contribution >= 0.6 is 0 Å². The first-order valence-electron chi connectivity index (χ1n) is 8.93. The van der Waals surface area contributed by atoms with Crippen LogP contribution in [-0.4, -0.2) is 66.8 Å². The van der Waals surface area contributed by atoms with E-state index in [1.54, 1.807) is 12.3 Å². The molecule has 2 N–H and O–H groups in total. The van der Waals surface area contributed by atoms with Crippen LogP contribution < -0.4 is 15.8 Å². The normalized spacial score (nSPS) is 30.0. The fourth-order valence-electron chi connectivity index (χ4n) is 4.06. The van der Waals surface area contributed by atoms with Gasteiger partial charge in [-0.1, -0.05) is 0 Å². The van der Waals surface area contributed by atoms with Gasteiger partial charge in [-0.25, -0.2) is 14.8 Å². The maximum absolute atomic E-state index is 14.1. The lowest BCUT2D eigenvalue weighted by Gasteiger charge is -2.48. The largest absolute Gasteiger partial charge is 0.369 e. The minimum absolute atomic E-state index is 0.119. The summed E-state index contributed by atoms with van der Waals surface area (Å²) >= 11 is 0. The van der Waals surface area contributed by atoms with E-state index < -0.39 is 5.60 Å². The highest BCUT2D eigenvalue weighted by Crippen LogP contribution is 2.32. The smallest absolute Gasteiger partial charge is 0.241 e. The summed E-state index contributed by atoms with van der Waals surface area (Å²) in [6.07, 6.45) is 4.17. The minimum Gasteiger partial charge on any atom is -0.369 e. The van der Waals surface area contributed by atoms with Gasteiger partial charge in [0.15, 0.2) is 11.6 Å². The Kier molecular flexibility index (Phi) is 4.58. The molecule has 1 aromatic rings. The van der Waals surface area contributed by atoms with Crippen molar-refractivity contribution in [3.63, 3.8) is 0 Å².